The van der Waals surface area contributed by atoms with Crippen molar-refractivity contribution in [3.05, 3.63) is 29.8 Å². The van der Waals surface area contributed by atoms with Crippen molar-refractivity contribution in [2.45, 2.75) is 25.3 Å². The van der Waals surface area contributed by atoms with Crippen molar-refractivity contribution in [3.8, 4) is 5.75 Å². The van der Waals surface area contributed by atoms with Gasteiger partial charge in [0.15, 0.2) is 0 Å². The van der Waals surface area contributed by atoms with Gasteiger partial charge in [-0.3, -0.25) is 0 Å². The Balaban J connectivity index is 1.86. The van der Waals surface area contributed by atoms with E-state index < -0.39 is 12.3 Å². The number of carbonyl (C=O) groups excluding carboxylic acids is 1. The smallest absolute Gasteiger partial charge is 0.459 e. The van der Waals surface area contributed by atoms with Gasteiger partial charge in [0.2, 0.25) is 0 Å². The Morgan fingerprint density at radius 1 is 1.30 bits per heavy atom. The monoisotopic (exact) mass is 290 g/mol. The molecule has 0 amide bonds. The lowest BCUT2D eigenvalue weighted by atomic mass is 10.2. The van der Waals surface area contributed by atoms with Crippen LogP contribution in [0.15, 0.2) is 24.3 Å². The molecule has 1 aliphatic rings. The van der Waals surface area contributed by atoms with Crippen LogP contribution >= 0.6 is 0 Å². The Morgan fingerprint density at radius 3 is 2.55 bits per heavy atom. The van der Waals surface area contributed by atoms with Gasteiger partial charge in [-0.2, -0.15) is 0 Å². The SMILES string of the molecule is O=C(OCC1CCCO1)c1ccc(OC(F)(F)F)cc1. The molecule has 1 aromatic rings. The predicted molar refractivity (Wildman–Crippen MR) is 62.4 cm³/mol. The van der Waals surface area contributed by atoms with Gasteiger partial charge in [-0.15, -0.1) is 13.2 Å². The van der Waals surface area contributed by atoms with Crippen molar-refractivity contribution < 1.29 is 32.2 Å². The van der Waals surface area contributed by atoms with E-state index in [0.717, 1.165) is 25.0 Å². The van der Waals surface area contributed by atoms with E-state index in [0.29, 0.717) is 6.61 Å². The number of hydrogen-bond donors (Lipinski definition) is 0. The van der Waals surface area contributed by atoms with Crippen LogP contribution in [0.2, 0.25) is 0 Å². The predicted octanol–water partition coefficient (Wildman–Crippen LogP) is 2.92. The third-order valence-corrected chi connectivity index (χ3v) is 2.75. The minimum Gasteiger partial charge on any atom is -0.459 e. The first-order valence-corrected chi connectivity index (χ1v) is 6.08. The highest BCUT2D eigenvalue weighted by molar-refractivity contribution is 5.89. The van der Waals surface area contributed by atoms with Crippen LogP contribution in [0.25, 0.3) is 0 Å². The molecule has 1 saturated heterocycles. The van der Waals surface area contributed by atoms with Gasteiger partial charge >= 0.3 is 12.3 Å². The average molecular weight is 290 g/mol. The molecule has 0 N–H and O–H groups in total. The number of hydrogen-bond acceptors (Lipinski definition) is 4. The van der Waals surface area contributed by atoms with Gasteiger partial charge < -0.3 is 14.2 Å². The number of benzene rings is 1. The van der Waals surface area contributed by atoms with Gasteiger partial charge in [-0.25, -0.2) is 4.79 Å². The Bertz CT molecular complexity index is 450. The molecule has 1 atom stereocenters. The van der Waals surface area contributed by atoms with Crippen LogP contribution in [0.3, 0.4) is 0 Å². The lowest BCUT2D eigenvalue weighted by molar-refractivity contribution is -0.274. The van der Waals surface area contributed by atoms with E-state index in [1.807, 2.05) is 0 Å². The molecule has 4 nitrogen and oxygen atoms in total. The fraction of sp³-hybridized carbons (Fsp3) is 0.462. The zero-order valence-electron chi connectivity index (χ0n) is 10.5. The number of ether oxygens (including phenoxy) is 3. The largest absolute Gasteiger partial charge is 0.573 e. The van der Waals surface area contributed by atoms with Gasteiger partial charge in [0.1, 0.15) is 12.4 Å². The van der Waals surface area contributed by atoms with Crippen LogP contribution in [-0.4, -0.2) is 31.6 Å². The lowest BCUT2D eigenvalue weighted by Crippen LogP contribution is -2.18. The maximum absolute atomic E-state index is 12.0. The molecule has 0 aromatic heterocycles. The molecule has 0 bridgehead atoms. The molecule has 2 rings (SSSR count). The summed E-state index contributed by atoms with van der Waals surface area (Å²) in [5, 5.41) is 0. The van der Waals surface area contributed by atoms with Crippen molar-refractivity contribution >= 4 is 5.97 Å². The first-order valence-electron chi connectivity index (χ1n) is 6.08. The fourth-order valence-corrected chi connectivity index (χ4v) is 1.82. The molecule has 1 aromatic carbocycles. The van der Waals surface area contributed by atoms with Crippen LogP contribution in [0.1, 0.15) is 23.2 Å². The molecule has 7 heteroatoms. The Kier molecular flexibility index (Phi) is 4.49. The topological polar surface area (TPSA) is 44.8 Å². The Morgan fingerprint density at radius 2 is 2.00 bits per heavy atom. The van der Waals surface area contributed by atoms with E-state index in [-0.39, 0.29) is 24.0 Å². The summed E-state index contributed by atoms with van der Waals surface area (Å²) >= 11 is 0. The van der Waals surface area contributed by atoms with Crippen LogP contribution in [0, 0.1) is 0 Å². The van der Waals surface area contributed by atoms with E-state index in [4.69, 9.17) is 9.47 Å². The lowest BCUT2D eigenvalue weighted by Gasteiger charge is -2.11. The number of carbonyl (C=O) groups is 1. The summed E-state index contributed by atoms with van der Waals surface area (Å²) in [6, 6.07) is 4.57. The highest BCUT2D eigenvalue weighted by Gasteiger charge is 2.31. The van der Waals surface area contributed by atoms with Crippen molar-refractivity contribution in [2.75, 3.05) is 13.2 Å². The maximum Gasteiger partial charge on any atom is 0.573 e. The summed E-state index contributed by atoms with van der Waals surface area (Å²) < 4.78 is 49.9. The first-order chi connectivity index (χ1) is 9.44. The minimum atomic E-state index is -4.75. The molecule has 1 aliphatic heterocycles. The van der Waals surface area contributed by atoms with Crippen LogP contribution < -0.4 is 4.74 Å². The minimum absolute atomic E-state index is 0.0909. The molecule has 110 valence electrons. The van der Waals surface area contributed by atoms with E-state index in [9.17, 15) is 18.0 Å². The summed E-state index contributed by atoms with van der Waals surface area (Å²) in [5.74, 6) is -0.979. The molecule has 0 spiro atoms. The van der Waals surface area contributed by atoms with Gasteiger partial charge in [0, 0.05) is 6.61 Å². The average Bonchev–Trinajstić information content (AvgIpc) is 2.88. The number of rotatable bonds is 4. The molecule has 0 aliphatic carbocycles. The second-order valence-corrected chi connectivity index (χ2v) is 4.31. The van der Waals surface area contributed by atoms with E-state index in [1.165, 1.54) is 12.1 Å². The zero-order chi connectivity index (χ0) is 14.6. The number of halogens is 3. The second kappa shape index (κ2) is 6.13. The highest BCUT2D eigenvalue weighted by Crippen LogP contribution is 2.23. The third-order valence-electron chi connectivity index (χ3n) is 2.75. The quantitative estimate of drug-likeness (QED) is 0.800. The van der Waals surface area contributed by atoms with Crippen LogP contribution in [0.4, 0.5) is 13.2 Å². The van der Waals surface area contributed by atoms with E-state index >= 15 is 0 Å². The standard InChI is InChI=1S/C13H13F3O4/c14-13(15,16)20-10-5-3-9(4-6-10)12(17)19-8-11-2-1-7-18-11/h3-6,11H,1-2,7-8H2. The molecule has 0 saturated carbocycles. The Hall–Kier alpha value is -1.76. The zero-order valence-corrected chi connectivity index (χ0v) is 10.5. The second-order valence-electron chi connectivity index (χ2n) is 4.31. The van der Waals surface area contributed by atoms with E-state index in [1.54, 1.807) is 0 Å². The van der Waals surface area contributed by atoms with Gasteiger partial charge in [0.05, 0.1) is 11.7 Å². The molecular weight excluding hydrogens is 277 g/mol. The summed E-state index contributed by atoms with van der Waals surface area (Å²) in [4.78, 5) is 11.7. The highest BCUT2D eigenvalue weighted by atomic mass is 19.4. The summed E-state index contributed by atoms with van der Waals surface area (Å²) in [6.45, 7) is 0.811. The normalized spacial score (nSPS) is 18.9. The molecular formula is C13H13F3O4. The summed E-state index contributed by atoms with van der Waals surface area (Å²) in [6.07, 6.45) is -3.06. The molecule has 1 unspecified atom stereocenters. The van der Waals surface area contributed by atoms with Gasteiger partial charge in [-0.1, -0.05) is 0 Å². The third kappa shape index (κ3) is 4.41. The van der Waals surface area contributed by atoms with Crippen molar-refractivity contribution in [1.82, 2.24) is 0 Å². The molecule has 20 heavy (non-hydrogen) atoms. The Labute approximate surface area is 113 Å². The van der Waals surface area contributed by atoms with E-state index in [2.05, 4.69) is 4.74 Å². The maximum atomic E-state index is 12.0. The van der Waals surface area contributed by atoms with Gasteiger partial charge in [-0.05, 0) is 37.1 Å². The fourth-order valence-electron chi connectivity index (χ4n) is 1.82. The molecule has 1 fully saturated rings. The van der Waals surface area contributed by atoms with Crippen LogP contribution in [0.5, 0.6) is 5.75 Å². The van der Waals surface area contributed by atoms with Crippen molar-refractivity contribution in [1.29, 1.82) is 0 Å². The first kappa shape index (κ1) is 14.6. The van der Waals surface area contributed by atoms with Gasteiger partial charge in [0.25, 0.3) is 0 Å². The summed E-state index contributed by atoms with van der Waals surface area (Å²) in [5.41, 5.74) is 0.164. The van der Waals surface area contributed by atoms with Crippen LogP contribution in [-0.2, 0) is 9.47 Å². The number of esters is 1. The molecule has 1 heterocycles. The number of alkyl halides is 3. The molecule has 0 radical (unpaired) electrons. The van der Waals surface area contributed by atoms with Crippen molar-refractivity contribution in [3.63, 3.8) is 0 Å². The summed E-state index contributed by atoms with van der Waals surface area (Å²) in [7, 11) is 0. The van der Waals surface area contributed by atoms with Crippen molar-refractivity contribution in [2.24, 2.45) is 0 Å².